The molecule has 1 aliphatic heterocycles. The molecule has 0 radical (unpaired) electrons. The highest BCUT2D eigenvalue weighted by Crippen LogP contribution is 2.36. The summed E-state index contributed by atoms with van der Waals surface area (Å²) in [6, 6.07) is 6.35. The summed E-state index contributed by atoms with van der Waals surface area (Å²) in [7, 11) is 1.64. The topological polar surface area (TPSA) is 99.4 Å². The molecule has 1 saturated heterocycles. The summed E-state index contributed by atoms with van der Waals surface area (Å²) in [5.41, 5.74) is 8.89. The molecule has 0 unspecified atom stereocenters. The van der Waals surface area contributed by atoms with E-state index in [0.717, 1.165) is 54.1 Å². The van der Waals surface area contributed by atoms with E-state index < -0.39 is 0 Å². The number of nitrogens with two attached hydrogens (primary N) is 1. The molecular formula is C21H24N8O. The zero-order valence-electron chi connectivity index (χ0n) is 16.9. The van der Waals surface area contributed by atoms with Gasteiger partial charge in [0, 0.05) is 36.7 Å². The first kappa shape index (κ1) is 17.5. The van der Waals surface area contributed by atoms with E-state index in [2.05, 4.69) is 25.9 Å². The maximum absolute atomic E-state index is 6.20. The maximum Gasteiger partial charge on any atom is 0.223 e. The normalized spacial score (nSPS) is 19.6. The number of aromatic nitrogens is 6. The van der Waals surface area contributed by atoms with Gasteiger partial charge in [-0.2, -0.15) is 9.61 Å². The third-order valence-corrected chi connectivity index (χ3v) is 6.18. The van der Waals surface area contributed by atoms with Crippen molar-refractivity contribution in [1.29, 1.82) is 0 Å². The molecule has 2 fully saturated rings. The number of methoxy groups -OCH3 is 1. The third kappa shape index (κ3) is 2.84. The van der Waals surface area contributed by atoms with E-state index >= 15 is 0 Å². The van der Waals surface area contributed by atoms with Crippen LogP contribution in [0.4, 0.5) is 11.6 Å². The number of benzene rings is 1. The Hall–Kier alpha value is -3.36. The molecule has 6 rings (SSSR count). The van der Waals surface area contributed by atoms with Crippen LogP contribution in [0.1, 0.15) is 43.5 Å². The second kappa shape index (κ2) is 6.58. The van der Waals surface area contributed by atoms with Crippen LogP contribution in [0, 0.1) is 0 Å². The van der Waals surface area contributed by atoms with E-state index in [1.54, 1.807) is 11.6 Å². The van der Waals surface area contributed by atoms with Crippen molar-refractivity contribution in [3.8, 4) is 5.75 Å². The molecule has 0 bridgehead atoms. The second-order valence-corrected chi connectivity index (χ2v) is 8.25. The number of ether oxygens (including phenoxy) is 1. The lowest BCUT2D eigenvalue weighted by molar-refractivity contribution is 0.415. The molecule has 9 heteroatoms. The van der Waals surface area contributed by atoms with Crippen LogP contribution in [0.5, 0.6) is 5.75 Å². The molecule has 154 valence electrons. The Bertz CT molecular complexity index is 1240. The summed E-state index contributed by atoms with van der Waals surface area (Å²) < 4.78 is 9.08. The minimum absolute atomic E-state index is 0.246. The number of hydrogen-bond donors (Lipinski definition) is 1. The molecule has 1 aromatic carbocycles. The van der Waals surface area contributed by atoms with Gasteiger partial charge in [0.15, 0.2) is 11.5 Å². The minimum atomic E-state index is 0.246. The second-order valence-electron chi connectivity index (χ2n) is 8.25. The fourth-order valence-electron chi connectivity index (χ4n) is 4.38. The van der Waals surface area contributed by atoms with Crippen molar-refractivity contribution >= 4 is 28.2 Å². The van der Waals surface area contributed by atoms with Gasteiger partial charge < -0.3 is 15.4 Å². The van der Waals surface area contributed by atoms with Crippen LogP contribution in [0.25, 0.3) is 16.6 Å². The molecule has 2 N–H and O–H groups in total. The van der Waals surface area contributed by atoms with Crippen molar-refractivity contribution in [1.82, 2.24) is 29.4 Å². The van der Waals surface area contributed by atoms with Gasteiger partial charge in [-0.3, -0.25) is 4.68 Å². The summed E-state index contributed by atoms with van der Waals surface area (Å²) in [4.78, 5) is 11.8. The molecule has 30 heavy (non-hydrogen) atoms. The van der Waals surface area contributed by atoms with E-state index in [4.69, 9.17) is 20.6 Å². The van der Waals surface area contributed by atoms with Crippen molar-refractivity contribution in [2.45, 2.75) is 37.6 Å². The number of nitrogen functional groups attached to an aromatic ring is 1. The third-order valence-electron chi connectivity index (χ3n) is 6.18. The molecule has 0 spiro atoms. The van der Waals surface area contributed by atoms with Gasteiger partial charge in [0.2, 0.25) is 5.95 Å². The largest absolute Gasteiger partial charge is 0.497 e. The molecule has 9 nitrogen and oxygen atoms in total. The molecule has 3 aromatic heterocycles. The quantitative estimate of drug-likeness (QED) is 0.558. The molecule has 4 heterocycles. The highest BCUT2D eigenvalue weighted by molar-refractivity contribution is 5.93. The smallest absolute Gasteiger partial charge is 0.223 e. The number of hydrogen-bond acceptors (Lipinski definition) is 7. The lowest BCUT2D eigenvalue weighted by Gasteiger charge is -2.32. The number of anilines is 2. The van der Waals surface area contributed by atoms with Crippen LogP contribution in [0.2, 0.25) is 0 Å². The van der Waals surface area contributed by atoms with Crippen molar-refractivity contribution in [3.05, 3.63) is 36.4 Å². The standard InChI is InChI=1S/C21H24N8O/c1-30-16-6-7-17-18(9-16)24-21(22)29-20(17)25-19(26-29)13-3-2-8-27(11-13)15-10-23-28(12-15)14-4-5-14/h6-7,9-10,12-14H,2-5,8,11H2,1H3,(H2,22,24)/t13-/m1/s1. The SMILES string of the molecule is COc1ccc2c(c1)nc(N)n1nc([C@@H]3CCCN(c4cnn(C5CC5)c4)C3)nc21. The van der Waals surface area contributed by atoms with Crippen molar-refractivity contribution < 1.29 is 4.74 Å². The first-order chi connectivity index (χ1) is 14.7. The van der Waals surface area contributed by atoms with Crippen LogP contribution < -0.4 is 15.4 Å². The lowest BCUT2D eigenvalue weighted by Crippen LogP contribution is -2.34. The first-order valence-corrected chi connectivity index (χ1v) is 10.5. The Balaban J connectivity index is 1.34. The number of rotatable bonds is 4. The molecule has 4 aromatic rings. The monoisotopic (exact) mass is 404 g/mol. The van der Waals surface area contributed by atoms with Gasteiger partial charge in [0.25, 0.3) is 0 Å². The fraction of sp³-hybridized carbons (Fsp3) is 0.429. The van der Waals surface area contributed by atoms with Crippen LogP contribution in [0.3, 0.4) is 0 Å². The Morgan fingerprint density at radius 2 is 2.07 bits per heavy atom. The summed E-state index contributed by atoms with van der Waals surface area (Å²) >= 11 is 0. The zero-order chi connectivity index (χ0) is 20.2. The van der Waals surface area contributed by atoms with Gasteiger partial charge in [-0.1, -0.05) is 0 Å². The van der Waals surface area contributed by atoms with Crippen LogP contribution in [0.15, 0.2) is 30.6 Å². The highest BCUT2D eigenvalue weighted by atomic mass is 16.5. The average molecular weight is 404 g/mol. The lowest BCUT2D eigenvalue weighted by atomic mass is 9.97. The van der Waals surface area contributed by atoms with Gasteiger partial charge in [-0.15, -0.1) is 5.10 Å². The Morgan fingerprint density at radius 3 is 2.90 bits per heavy atom. The van der Waals surface area contributed by atoms with Gasteiger partial charge >= 0.3 is 0 Å². The summed E-state index contributed by atoms with van der Waals surface area (Å²) in [6.45, 7) is 1.92. The average Bonchev–Trinajstić information content (AvgIpc) is 3.33. The van der Waals surface area contributed by atoms with Gasteiger partial charge in [0.1, 0.15) is 5.75 Å². The van der Waals surface area contributed by atoms with Crippen LogP contribution >= 0.6 is 0 Å². The Morgan fingerprint density at radius 1 is 1.17 bits per heavy atom. The maximum atomic E-state index is 6.20. The first-order valence-electron chi connectivity index (χ1n) is 10.5. The van der Waals surface area contributed by atoms with Crippen LogP contribution in [-0.4, -0.2) is 49.6 Å². The molecule has 0 amide bonds. The zero-order valence-corrected chi connectivity index (χ0v) is 16.9. The fourth-order valence-corrected chi connectivity index (χ4v) is 4.38. The van der Waals surface area contributed by atoms with E-state index in [-0.39, 0.29) is 5.92 Å². The van der Waals surface area contributed by atoms with E-state index in [0.29, 0.717) is 12.0 Å². The van der Waals surface area contributed by atoms with Gasteiger partial charge in [-0.05, 0) is 37.8 Å². The Labute approximate surface area is 173 Å². The molecule has 2 aliphatic rings. The van der Waals surface area contributed by atoms with Crippen molar-refractivity contribution in [3.63, 3.8) is 0 Å². The number of piperidine rings is 1. The summed E-state index contributed by atoms with van der Waals surface area (Å²) in [6.07, 6.45) is 8.80. The van der Waals surface area contributed by atoms with Crippen molar-refractivity contribution in [2.75, 3.05) is 30.8 Å². The van der Waals surface area contributed by atoms with Gasteiger partial charge in [0.05, 0.1) is 30.6 Å². The van der Waals surface area contributed by atoms with Gasteiger partial charge in [-0.25, -0.2) is 9.97 Å². The van der Waals surface area contributed by atoms with Crippen LogP contribution in [-0.2, 0) is 0 Å². The molecule has 1 saturated carbocycles. The van der Waals surface area contributed by atoms with E-state index in [1.807, 2.05) is 24.4 Å². The van der Waals surface area contributed by atoms with Crippen molar-refractivity contribution in [2.24, 2.45) is 0 Å². The minimum Gasteiger partial charge on any atom is -0.497 e. The molecular weight excluding hydrogens is 380 g/mol. The summed E-state index contributed by atoms with van der Waals surface area (Å²) in [5.74, 6) is 2.15. The predicted octanol–water partition coefficient (Wildman–Crippen LogP) is 2.78. The van der Waals surface area contributed by atoms with E-state index in [9.17, 15) is 0 Å². The predicted molar refractivity (Wildman–Crippen MR) is 114 cm³/mol. The van der Waals surface area contributed by atoms with E-state index in [1.165, 1.54) is 18.5 Å². The highest BCUT2D eigenvalue weighted by Gasteiger charge is 2.28. The molecule has 1 aliphatic carbocycles. The summed E-state index contributed by atoms with van der Waals surface area (Å²) in [5, 5.41) is 10.2. The number of nitrogens with zero attached hydrogens (tertiary/aromatic N) is 7. The molecule has 1 atom stereocenters. The number of fused-ring (bicyclic) bond motifs is 3. The Kier molecular flexibility index (Phi) is 3.84.